The van der Waals surface area contributed by atoms with Crippen LogP contribution in [0.1, 0.15) is 32.6 Å². The third-order valence-electron chi connectivity index (χ3n) is 2.32. The van der Waals surface area contributed by atoms with E-state index in [9.17, 15) is 0 Å². The van der Waals surface area contributed by atoms with E-state index in [1.165, 1.54) is 12.8 Å². The zero-order valence-corrected chi connectivity index (χ0v) is 6.89. The molecule has 0 amide bonds. The normalized spacial score (nSPS) is 24.3. The van der Waals surface area contributed by atoms with Crippen LogP contribution in [0.3, 0.4) is 0 Å². The maximum Gasteiger partial charge on any atom is 0.0586 e. The predicted molar refractivity (Wildman–Crippen MR) is 41.9 cm³/mol. The minimum absolute atomic E-state index is 0.149. The smallest absolute Gasteiger partial charge is 0.0586 e. The van der Waals surface area contributed by atoms with Crippen molar-refractivity contribution in [3.63, 3.8) is 0 Å². The second-order valence-electron chi connectivity index (χ2n) is 3.33. The highest BCUT2D eigenvalue weighted by molar-refractivity contribution is 4.99. The highest BCUT2D eigenvalue weighted by Crippen LogP contribution is 2.37. The summed E-state index contributed by atoms with van der Waals surface area (Å²) in [4.78, 5) is 0. The third-order valence-corrected chi connectivity index (χ3v) is 2.32. The summed E-state index contributed by atoms with van der Waals surface area (Å²) >= 11 is 0. The fourth-order valence-corrected chi connectivity index (χ4v) is 1.21. The van der Waals surface area contributed by atoms with Crippen molar-refractivity contribution in [3.8, 4) is 0 Å². The quantitative estimate of drug-likeness (QED) is 0.643. The molecular formula is C8H17NO. The van der Waals surface area contributed by atoms with Gasteiger partial charge < -0.3 is 10.5 Å². The van der Waals surface area contributed by atoms with Crippen molar-refractivity contribution in [2.75, 3.05) is 7.11 Å². The largest absolute Gasteiger partial charge is 0.381 e. The Balaban J connectivity index is 2.21. The maximum atomic E-state index is 5.92. The van der Waals surface area contributed by atoms with Gasteiger partial charge >= 0.3 is 0 Å². The molecule has 0 spiro atoms. The molecule has 1 unspecified atom stereocenters. The first-order chi connectivity index (χ1) is 4.70. The molecule has 0 aromatic heterocycles. The van der Waals surface area contributed by atoms with Gasteiger partial charge in [-0.05, 0) is 25.7 Å². The van der Waals surface area contributed by atoms with Crippen LogP contribution < -0.4 is 5.73 Å². The van der Waals surface area contributed by atoms with Crippen LogP contribution in [-0.2, 0) is 4.74 Å². The van der Waals surface area contributed by atoms with E-state index in [4.69, 9.17) is 10.5 Å². The van der Waals surface area contributed by atoms with Gasteiger partial charge in [-0.3, -0.25) is 0 Å². The van der Waals surface area contributed by atoms with Gasteiger partial charge in [-0.1, -0.05) is 6.92 Å². The first-order valence-electron chi connectivity index (χ1n) is 4.02. The monoisotopic (exact) mass is 143 g/mol. The van der Waals surface area contributed by atoms with Gasteiger partial charge in [-0.2, -0.15) is 0 Å². The van der Waals surface area contributed by atoms with Crippen molar-refractivity contribution >= 4 is 0 Å². The molecule has 0 radical (unpaired) electrons. The zero-order chi connectivity index (χ0) is 7.61. The summed E-state index contributed by atoms with van der Waals surface area (Å²) in [6.45, 7) is 2.14. The van der Waals surface area contributed by atoms with E-state index >= 15 is 0 Å². The number of ether oxygens (including phenoxy) is 1. The van der Waals surface area contributed by atoms with E-state index < -0.39 is 0 Å². The van der Waals surface area contributed by atoms with E-state index in [0.29, 0.717) is 6.10 Å². The van der Waals surface area contributed by atoms with E-state index in [1.807, 2.05) is 0 Å². The fourth-order valence-electron chi connectivity index (χ4n) is 1.21. The van der Waals surface area contributed by atoms with Crippen molar-refractivity contribution in [2.45, 2.75) is 44.2 Å². The maximum absolute atomic E-state index is 5.92. The number of nitrogens with two attached hydrogens (primary N) is 1. The molecule has 1 aliphatic carbocycles. The molecule has 0 bridgehead atoms. The minimum atomic E-state index is 0.149. The Morgan fingerprint density at radius 1 is 1.60 bits per heavy atom. The fraction of sp³-hybridized carbons (Fsp3) is 1.00. The summed E-state index contributed by atoms with van der Waals surface area (Å²) in [6.07, 6.45) is 4.88. The summed E-state index contributed by atoms with van der Waals surface area (Å²) in [5.41, 5.74) is 6.07. The van der Waals surface area contributed by atoms with Crippen LogP contribution >= 0.6 is 0 Å². The van der Waals surface area contributed by atoms with Crippen molar-refractivity contribution in [1.82, 2.24) is 0 Å². The van der Waals surface area contributed by atoms with Crippen LogP contribution in [0.5, 0.6) is 0 Å². The molecule has 2 N–H and O–H groups in total. The number of methoxy groups -OCH3 is 1. The van der Waals surface area contributed by atoms with Crippen molar-refractivity contribution in [2.24, 2.45) is 5.73 Å². The number of rotatable bonds is 4. The van der Waals surface area contributed by atoms with Crippen molar-refractivity contribution in [3.05, 3.63) is 0 Å². The van der Waals surface area contributed by atoms with Crippen LogP contribution in [0.2, 0.25) is 0 Å². The molecule has 0 heterocycles. The lowest BCUT2D eigenvalue weighted by molar-refractivity contribution is 0.0837. The highest BCUT2D eigenvalue weighted by atomic mass is 16.5. The second kappa shape index (κ2) is 2.89. The molecular weight excluding hydrogens is 126 g/mol. The highest BCUT2D eigenvalue weighted by Gasteiger charge is 2.39. The van der Waals surface area contributed by atoms with E-state index in [-0.39, 0.29) is 5.54 Å². The SMILES string of the molecule is CCC(CC1(N)CC1)OC. The Labute approximate surface area is 62.7 Å². The molecule has 1 aliphatic rings. The summed E-state index contributed by atoms with van der Waals surface area (Å²) < 4.78 is 5.24. The molecule has 0 saturated heterocycles. The van der Waals surface area contributed by atoms with Crippen molar-refractivity contribution < 1.29 is 4.74 Å². The Morgan fingerprint density at radius 2 is 2.20 bits per heavy atom. The molecule has 1 atom stereocenters. The Bertz CT molecular complexity index is 106. The Hall–Kier alpha value is -0.0800. The van der Waals surface area contributed by atoms with Gasteiger partial charge in [0.15, 0.2) is 0 Å². The van der Waals surface area contributed by atoms with Crippen LogP contribution in [0.25, 0.3) is 0 Å². The van der Waals surface area contributed by atoms with E-state index in [2.05, 4.69) is 6.92 Å². The molecule has 2 nitrogen and oxygen atoms in total. The van der Waals surface area contributed by atoms with Gasteiger partial charge in [0.25, 0.3) is 0 Å². The Morgan fingerprint density at radius 3 is 2.50 bits per heavy atom. The average Bonchev–Trinajstić information content (AvgIpc) is 2.64. The van der Waals surface area contributed by atoms with Crippen LogP contribution in [0.15, 0.2) is 0 Å². The van der Waals surface area contributed by atoms with Gasteiger partial charge in [0.05, 0.1) is 6.10 Å². The first kappa shape index (κ1) is 8.02. The second-order valence-corrected chi connectivity index (χ2v) is 3.33. The predicted octanol–water partition coefficient (Wildman–Crippen LogP) is 1.29. The summed E-state index contributed by atoms with van der Waals surface area (Å²) in [6, 6.07) is 0. The molecule has 10 heavy (non-hydrogen) atoms. The summed E-state index contributed by atoms with van der Waals surface area (Å²) in [5, 5.41) is 0. The van der Waals surface area contributed by atoms with Gasteiger partial charge in [0.1, 0.15) is 0 Å². The average molecular weight is 143 g/mol. The molecule has 0 aliphatic heterocycles. The number of hydrogen-bond acceptors (Lipinski definition) is 2. The topological polar surface area (TPSA) is 35.2 Å². The molecule has 1 fully saturated rings. The van der Waals surface area contributed by atoms with Gasteiger partial charge in [-0.15, -0.1) is 0 Å². The molecule has 0 aromatic carbocycles. The zero-order valence-electron chi connectivity index (χ0n) is 6.89. The third kappa shape index (κ3) is 1.96. The lowest BCUT2D eigenvalue weighted by atomic mass is 10.1. The summed E-state index contributed by atoms with van der Waals surface area (Å²) in [7, 11) is 1.76. The molecule has 1 saturated carbocycles. The number of hydrogen-bond donors (Lipinski definition) is 1. The van der Waals surface area contributed by atoms with Crippen molar-refractivity contribution in [1.29, 1.82) is 0 Å². The van der Waals surface area contributed by atoms with Gasteiger partial charge in [0.2, 0.25) is 0 Å². The molecule has 60 valence electrons. The lowest BCUT2D eigenvalue weighted by Gasteiger charge is -2.16. The van der Waals surface area contributed by atoms with Gasteiger partial charge in [-0.25, -0.2) is 0 Å². The van der Waals surface area contributed by atoms with Crippen LogP contribution in [0, 0.1) is 0 Å². The molecule has 1 rings (SSSR count). The molecule has 2 heteroatoms. The van der Waals surface area contributed by atoms with E-state index in [1.54, 1.807) is 7.11 Å². The molecule has 0 aromatic rings. The first-order valence-corrected chi connectivity index (χ1v) is 4.02. The summed E-state index contributed by atoms with van der Waals surface area (Å²) in [5.74, 6) is 0. The lowest BCUT2D eigenvalue weighted by Crippen LogP contribution is -2.28. The van der Waals surface area contributed by atoms with Gasteiger partial charge in [0, 0.05) is 12.6 Å². The van der Waals surface area contributed by atoms with Crippen LogP contribution in [0.4, 0.5) is 0 Å². The standard InChI is InChI=1S/C8H17NO/c1-3-7(10-2)6-8(9)4-5-8/h7H,3-6,9H2,1-2H3. The minimum Gasteiger partial charge on any atom is -0.381 e. The van der Waals surface area contributed by atoms with Crippen LogP contribution in [-0.4, -0.2) is 18.8 Å². The Kier molecular flexibility index (Phi) is 2.32. The van der Waals surface area contributed by atoms with E-state index in [0.717, 1.165) is 12.8 Å².